The van der Waals surface area contributed by atoms with Gasteiger partial charge in [0, 0.05) is 17.6 Å². The van der Waals surface area contributed by atoms with E-state index in [9.17, 15) is 4.79 Å². The molecule has 1 amide bonds. The van der Waals surface area contributed by atoms with E-state index in [1.165, 1.54) is 31.2 Å². The number of piperidine rings is 1. The highest BCUT2D eigenvalue weighted by atomic mass is 35.5. The highest BCUT2D eigenvalue weighted by Crippen LogP contribution is 2.50. The predicted octanol–water partition coefficient (Wildman–Crippen LogP) is 3.10. The summed E-state index contributed by atoms with van der Waals surface area (Å²) in [5.41, 5.74) is 3.03. The Balaban J connectivity index is 0.00000180. The van der Waals surface area contributed by atoms with Crippen molar-refractivity contribution < 1.29 is 4.79 Å². The lowest BCUT2D eigenvalue weighted by molar-refractivity contribution is 0.0980. The molecular weight excluding hydrogens is 362 g/mol. The first-order valence-corrected chi connectivity index (χ1v) is 9.81. The molecule has 7 heteroatoms. The number of halogens is 1. The number of benzene rings is 1. The van der Waals surface area contributed by atoms with Gasteiger partial charge in [-0.25, -0.2) is 4.68 Å². The van der Waals surface area contributed by atoms with Gasteiger partial charge in [0.1, 0.15) is 0 Å². The second-order valence-electron chi connectivity index (χ2n) is 7.96. The van der Waals surface area contributed by atoms with Gasteiger partial charge in [-0.3, -0.25) is 4.79 Å². The Morgan fingerprint density at radius 3 is 2.67 bits per heavy atom. The van der Waals surface area contributed by atoms with Gasteiger partial charge in [0.05, 0.1) is 12.2 Å². The second kappa shape index (κ2) is 7.24. The fraction of sp³-hybridized carbons (Fsp3) is 0.550. The molecule has 1 aromatic heterocycles. The molecule has 3 heterocycles. The lowest BCUT2D eigenvalue weighted by Crippen LogP contribution is -2.35. The zero-order valence-corrected chi connectivity index (χ0v) is 16.2. The molecule has 1 N–H and O–H groups in total. The summed E-state index contributed by atoms with van der Waals surface area (Å²) in [6, 6.07) is 8.76. The summed E-state index contributed by atoms with van der Waals surface area (Å²) in [7, 11) is 0. The van der Waals surface area contributed by atoms with Gasteiger partial charge < -0.3 is 10.2 Å². The van der Waals surface area contributed by atoms with Gasteiger partial charge in [-0.1, -0.05) is 36.3 Å². The van der Waals surface area contributed by atoms with Gasteiger partial charge in [0.2, 0.25) is 0 Å². The van der Waals surface area contributed by atoms with Crippen LogP contribution in [0.25, 0.3) is 0 Å². The van der Waals surface area contributed by atoms with Crippen molar-refractivity contribution >= 4 is 24.0 Å². The molecule has 1 saturated carbocycles. The van der Waals surface area contributed by atoms with Crippen LogP contribution in [0.5, 0.6) is 0 Å². The average molecular weight is 388 g/mol. The minimum absolute atomic E-state index is 0. The number of amides is 1. The molecule has 3 aliphatic rings. The minimum Gasteiger partial charge on any atom is -0.317 e. The van der Waals surface area contributed by atoms with Gasteiger partial charge in [-0.2, -0.15) is 0 Å². The predicted molar refractivity (Wildman–Crippen MR) is 107 cm³/mol. The lowest BCUT2D eigenvalue weighted by Gasteiger charge is -2.24. The van der Waals surface area contributed by atoms with Gasteiger partial charge in [-0.15, -0.1) is 17.5 Å². The second-order valence-corrected chi connectivity index (χ2v) is 7.96. The maximum Gasteiger partial charge on any atom is 0.280 e. The molecule has 1 spiro atoms. The third-order valence-corrected chi connectivity index (χ3v) is 6.44. The molecule has 0 radical (unpaired) electrons. The molecule has 1 saturated heterocycles. The number of para-hydroxylation sites is 1. The number of nitrogens with zero attached hydrogens (tertiary/aromatic N) is 4. The molecule has 0 unspecified atom stereocenters. The van der Waals surface area contributed by atoms with Crippen molar-refractivity contribution in [1.82, 2.24) is 20.3 Å². The Kier molecular flexibility index (Phi) is 4.95. The van der Waals surface area contributed by atoms with E-state index in [2.05, 4.69) is 33.8 Å². The van der Waals surface area contributed by atoms with Crippen molar-refractivity contribution in [2.45, 2.75) is 50.0 Å². The zero-order valence-electron chi connectivity index (χ0n) is 15.4. The quantitative estimate of drug-likeness (QED) is 0.860. The number of aromatic nitrogens is 3. The summed E-state index contributed by atoms with van der Waals surface area (Å²) in [4.78, 5) is 15.2. The molecule has 0 atom stereocenters. The van der Waals surface area contributed by atoms with Gasteiger partial charge >= 0.3 is 0 Å². The van der Waals surface area contributed by atoms with Crippen LogP contribution in [0, 0.1) is 0 Å². The monoisotopic (exact) mass is 387 g/mol. The van der Waals surface area contributed by atoms with Crippen LogP contribution in [0.15, 0.2) is 30.5 Å². The van der Waals surface area contributed by atoms with Gasteiger partial charge in [-0.05, 0) is 50.4 Å². The van der Waals surface area contributed by atoms with E-state index in [1.807, 2.05) is 21.8 Å². The van der Waals surface area contributed by atoms with E-state index >= 15 is 0 Å². The smallest absolute Gasteiger partial charge is 0.280 e. The molecule has 5 rings (SSSR count). The maximum absolute atomic E-state index is 13.2. The standard InChI is InChI=1S/C20H25N5O.ClH/c26-19(17-13-25(23-22-17)15-7-11-21-12-8-15)24-14-20(9-3-4-10-20)16-5-1-2-6-18(16)24;/h1-2,5-6,13,15,21H,3-4,7-12,14H2;1H. The molecule has 2 aliphatic heterocycles. The first-order valence-electron chi connectivity index (χ1n) is 9.81. The number of hydrogen-bond donors (Lipinski definition) is 1. The fourth-order valence-corrected chi connectivity index (χ4v) is 5.05. The summed E-state index contributed by atoms with van der Waals surface area (Å²) in [6.45, 7) is 2.77. The van der Waals surface area contributed by atoms with Crippen LogP contribution in [0.1, 0.15) is 60.6 Å². The third kappa shape index (κ3) is 3.05. The van der Waals surface area contributed by atoms with Crippen molar-refractivity contribution in [3.8, 4) is 0 Å². The number of carbonyl (C=O) groups excluding carboxylic acids is 1. The zero-order chi connectivity index (χ0) is 17.6. The van der Waals surface area contributed by atoms with E-state index in [0.717, 1.165) is 38.2 Å². The molecule has 2 fully saturated rings. The molecular formula is C20H26ClN5O. The Bertz CT molecular complexity index is 823. The van der Waals surface area contributed by atoms with Gasteiger partial charge in [0.25, 0.3) is 5.91 Å². The minimum atomic E-state index is -0.0126. The Hall–Kier alpha value is -1.92. The number of fused-ring (bicyclic) bond motifs is 2. The van der Waals surface area contributed by atoms with Gasteiger partial charge in [0.15, 0.2) is 5.69 Å². The molecule has 144 valence electrons. The summed E-state index contributed by atoms with van der Waals surface area (Å²) < 4.78 is 1.89. The Morgan fingerprint density at radius 2 is 1.89 bits per heavy atom. The highest BCUT2D eigenvalue weighted by molar-refractivity contribution is 6.06. The van der Waals surface area contributed by atoms with Crippen LogP contribution in [0.2, 0.25) is 0 Å². The van der Waals surface area contributed by atoms with E-state index in [0.29, 0.717) is 11.7 Å². The molecule has 1 aliphatic carbocycles. The van der Waals surface area contributed by atoms with E-state index in [-0.39, 0.29) is 23.7 Å². The fourth-order valence-electron chi connectivity index (χ4n) is 5.05. The number of carbonyl (C=O) groups is 1. The molecule has 6 nitrogen and oxygen atoms in total. The number of hydrogen-bond acceptors (Lipinski definition) is 4. The summed E-state index contributed by atoms with van der Waals surface area (Å²) >= 11 is 0. The van der Waals surface area contributed by atoms with E-state index in [1.54, 1.807) is 0 Å². The van der Waals surface area contributed by atoms with Crippen molar-refractivity contribution in [3.05, 3.63) is 41.7 Å². The number of rotatable bonds is 2. The first kappa shape index (κ1) is 18.4. The average Bonchev–Trinajstić information content (AvgIpc) is 3.43. The van der Waals surface area contributed by atoms with Crippen molar-refractivity contribution in [2.24, 2.45) is 0 Å². The van der Waals surface area contributed by atoms with Crippen molar-refractivity contribution in [3.63, 3.8) is 0 Å². The van der Waals surface area contributed by atoms with Crippen molar-refractivity contribution in [2.75, 3.05) is 24.5 Å². The van der Waals surface area contributed by atoms with E-state index in [4.69, 9.17) is 0 Å². The SMILES string of the molecule is Cl.O=C(c1cn(C2CCNCC2)nn1)N1CC2(CCCC2)c2ccccc21. The number of nitrogens with one attached hydrogen (secondary N) is 1. The van der Waals surface area contributed by atoms with E-state index < -0.39 is 0 Å². The lowest BCUT2D eigenvalue weighted by atomic mass is 9.81. The van der Waals surface area contributed by atoms with Crippen LogP contribution < -0.4 is 10.2 Å². The highest BCUT2D eigenvalue weighted by Gasteiger charge is 2.46. The summed E-state index contributed by atoms with van der Waals surface area (Å²) in [6.07, 6.45) is 8.77. The molecule has 27 heavy (non-hydrogen) atoms. The third-order valence-electron chi connectivity index (χ3n) is 6.44. The van der Waals surface area contributed by atoms with Crippen molar-refractivity contribution in [1.29, 1.82) is 0 Å². The topological polar surface area (TPSA) is 63.1 Å². The molecule has 1 aromatic carbocycles. The summed E-state index contributed by atoms with van der Waals surface area (Å²) in [5.74, 6) is -0.0126. The Morgan fingerprint density at radius 1 is 1.15 bits per heavy atom. The van der Waals surface area contributed by atoms with Crippen LogP contribution >= 0.6 is 12.4 Å². The first-order chi connectivity index (χ1) is 12.8. The normalized spacial score (nSPS) is 21.3. The summed E-state index contributed by atoms with van der Waals surface area (Å²) in [5, 5.41) is 11.9. The van der Waals surface area contributed by atoms with Crippen LogP contribution in [0.4, 0.5) is 5.69 Å². The number of anilines is 1. The molecule has 0 bridgehead atoms. The molecule has 2 aromatic rings. The largest absolute Gasteiger partial charge is 0.317 e. The Labute approximate surface area is 165 Å². The maximum atomic E-state index is 13.2. The van der Waals surface area contributed by atoms with Crippen LogP contribution in [-0.4, -0.2) is 40.5 Å². The van der Waals surface area contributed by atoms with Crippen LogP contribution in [0.3, 0.4) is 0 Å². The van der Waals surface area contributed by atoms with Crippen LogP contribution in [-0.2, 0) is 5.41 Å².